The van der Waals surface area contributed by atoms with Crippen LogP contribution in [0.1, 0.15) is 51.5 Å². The SMILES string of the molecule is CNC[C@@H]1Oc2ccc(NC(=O)C3CCCCC3)cc2CC(=O)N([C@H](C)CO)C[C@@H]1C. The maximum Gasteiger partial charge on any atom is 0.227 e. The van der Waals surface area contributed by atoms with Crippen molar-refractivity contribution in [3.63, 3.8) is 0 Å². The van der Waals surface area contributed by atoms with Gasteiger partial charge in [-0.15, -0.1) is 0 Å². The molecule has 0 bridgehead atoms. The minimum atomic E-state index is -0.263. The van der Waals surface area contributed by atoms with Gasteiger partial charge in [0.1, 0.15) is 11.9 Å². The third-order valence-corrected chi connectivity index (χ3v) is 6.57. The predicted molar refractivity (Wildman–Crippen MR) is 121 cm³/mol. The van der Waals surface area contributed by atoms with E-state index in [1.165, 1.54) is 6.42 Å². The van der Waals surface area contributed by atoms with E-state index in [0.29, 0.717) is 24.5 Å². The van der Waals surface area contributed by atoms with Crippen LogP contribution in [0.25, 0.3) is 0 Å². The average molecular weight is 432 g/mol. The summed E-state index contributed by atoms with van der Waals surface area (Å²) in [5.74, 6) is 0.849. The first-order chi connectivity index (χ1) is 14.9. The van der Waals surface area contributed by atoms with E-state index in [4.69, 9.17) is 4.74 Å². The Balaban J connectivity index is 1.85. The zero-order valence-electron chi connectivity index (χ0n) is 19.0. The first-order valence-corrected chi connectivity index (χ1v) is 11.6. The molecular formula is C24H37N3O4. The number of nitrogens with one attached hydrogen (secondary N) is 2. The van der Waals surface area contributed by atoms with Gasteiger partial charge in [-0.2, -0.15) is 0 Å². The maximum atomic E-state index is 13.1. The highest BCUT2D eigenvalue weighted by atomic mass is 16.5. The lowest BCUT2D eigenvalue weighted by Gasteiger charge is -2.32. The van der Waals surface area contributed by atoms with Crippen LogP contribution in [-0.4, -0.2) is 60.7 Å². The molecule has 1 aromatic carbocycles. The van der Waals surface area contributed by atoms with E-state index in [9.17, 15) is 14.7 Å². The van der Waals surface area contributed by atoms with Crippen molar-refractivity contribution in [3.8, 4) is 5.75 Å². The topological polar surface area (TPSA) is 90.9 Å². The van der Waals surface area contributed by atoms with Gasteiger partial charge in [0, 0.05) is 36.2 Å². The summed E-state index contributed by atoms with van der Waals surface area (Å²) in [5, 5.41) is 15.9. The quantitative estimate of drug-likeness (QED) is 0.644. The molecule has 7 heteroatoms. The molecule has 3 rings (SSSR count). The Morgan fingerprint density at radius 2 is 2.03 bits per heavy atom. The van der Waals surface area contributed by atoms with Crippen molar-refractivity contribution in [2.45, 2.75) is 64.5 Å². The zero-order chi connectivity index (χ0) is 22.4. The van der Waals surface area contributed by atoms with Crippen LogP contribution in [0.15, 0.2) is 18.2 Å². The predicted octanol–water partition coefficient (Wildman–Crippen LogP) is 2.57. The normalized spacial score (nSPS) is 23.7. The molecule has 0 spiro atoms. The second-order valence-electron chi connectivity index (χ2n) is 9.09. The number of fused-ring (bicyclic) bond motifs is 1. The molecule has 2 aliphatic rings. The van der Waals surface area contributed by atoms with Crippen molar-refractivity contribution >= 4 is 17.5 Å². The number of rotatable bonds is 6. The van der Waals surface area contributed by atoms with Crippen molar-refractivity contribution in [1.29, 1.82) is 0 Å². The molecule has 3 N–H and O–H groups in total. The zero-order valence-corrected chi connectivity index (χ0v) is 19.0. The Kier molecular flexibility index (Phi) is 8.32. The summed E-state index contributed by atoms with van der Waals surface area (Å²) in [4.78, 5) is 27.6. The lowest BCUT2D eigenvalue weighted by atomic mass is 9.88. The highest BCUT2D eigenvalue weighted by molar-refractivity contribution is 5.93. The molecule has 3 atom stereocenters. The van der Waals surface area contributed by atoms with Gasteiger partial charge >= 0.3 is 0 Å². The second-order valence-corrected chi connectivity index (χ2v) is 9.09. The van der Waals surface area contributed by atoms with E-state index in [0.717, 1.165) is 31.2 Å². The number of ether oxygens (including phenoxy) is 1. The fourth-order valence-corrected chi connectivity index (χ4v) is 4.56. The number of likely N-dealkylation sites (N-methyl/N-ethyl adjacent to an activating group) is 1. The van der Waals surface area contributed by atoms with E-state index in [1.54, 1.807) is 4.90 Å². The molecule has 1 fully saturated rings. The number of carbonyl (C=O) groups excluding carboxylic acids is 2. The van der Waals surface area contributed by atoms with Gasteiger partial charge in [0.25, 0.3) is 0 Å². The third-order valence-electron chi connectivity index (χ3n) is 6.57. The van der Waals surface area contributed by atoms with Crippen molar-refractivity contribution < 1.29 is 19.4 Å². The summed E-state index contributed by atoms with van der Waals surface area (Å²) in [5.41, 5.74) is 1.46. The van der Waals surface area contributed by atoms with Crippen LogP contribution in [0.5, 0.6) is 5.75 Å². The summed E-state index contributed by atoms with van der Waals surface area (Å²) in [6.07, 6.45) is 5.35. The van der Waals surface area contributed by atoms with Crippen LogP contribution in [0, 0.1) is 11.8 Å². The average Bonchev–Trinajstić information content (AvgIpc) is 2.82. The van der Waals surface area contributed by atoms with Gasteiger partial charge in [0.2, 0.25) is 11.8 Å². The van der Waals surface area contributed by atoms with E-state index in [2.05, 4.69) is 17.6 Å². The Bertz CT molecular complexity index is 763. The van der Waals surface area contributed by atoms with Gasteiger partial charge in [-0.25, -0.2) is 0 Å². The lowest BCUT2D eigenvalue weighted by Crippen LogP contribution is -2.47. The highest BCUT2D eigenvalue weighted by Gasteiger charge is 2.30. The van der Waals surface area contributed by atoms with E-state index in [-0.39, 0.29) is 48.8 Å². The molecule has 0 saturated heterocycles. The molecule has 0 radical (unpaired) electrons. The molecule has 1 aromatic rings. The molecule has 1 aliphatic heterocycles. The lowest BCUT2D eigenvalue weighted by molar-refractivity contribution is -0.134. The summed E-state index contributed by atoms with van der Waals surface area (Å²) in [7, 11) is 1.88. The monoisotopic (exact) mass is 431 g/mol. The smallest absolute Gasteiger partial charge is 0.227 e. The first-order valence-electron chi connectivity index (χ1n) is 11.6. The van der Waals surface area contributed by atoms with Crippen molar-refractivity contribution in [2.75, 3.05) is 32.1 Å². The van der Waals surface area contributed by atoms with E-state index in [1.807, 2.05) is 32.2 Å². The van der Waals surface area contributed by atoms with Crippen LogP contribution in [0.3, 0.4) is 0 Å². The summed E-state index contributed by atoms with van der Waals surface area (Å²) in [6.45, 7) is 5.01. The van der Waals surface area contributed by atoms with E-state index < -0.39 is 0 Å². The standard InChI is InChI=1S/C24H37N3O4/c1-16-14-27(17(2)15-28)23(29)12-19-11-20(9-10-21(19)31-22(16)13-25-3)26-24(30)18-7-5-4-6-8-18/h9-11,16-18,22,25,28H,4-8,12-15H2,1-3H3,(H,26,30)/t16-,17+,22-/m0/s1. The third kappa shape index (κ3) is 5.98. The molecule has 172 valence electrons. The van der Waals surface area contributed by atoms with Crippen LogP contribution in [-0.2, 0) is 16.0 Å². The number of hydrogen-bond acceptors (Lipinski definition) is 5. The fraction of sp³-hybridized carbons (Fsp3) is 0.667. The number of amides is 2. The molecule has 1 heterocycles. The highest BCUT2D eigenvalue weighted by Crippen LogP contribution is 2.30. The second kappa shape index (κ2) is 11.0. The molecule has 31 heavy (non-hydrogen) atoms. The minimum absolute atomic E-state index is 0.0425. The van der Waals surface area contributed by atoms with Crippen LogP contribution in [0.4, 0.5) is 5.69 Å². The Morgan fingerprint density at radius 3 is 2.71 bits per heavy atom. The summed E-state index contributed by atoms with van der Waals surface area (Å²) < 4.78 is 6.34. The maximum absolute atomic E-state index is 13.1. The van der Waals surface area contributed by atoms with Gasteiger partial charge in [-0.3, -0.25) is 9.59 Å². The van der Waals surface area contributed by atoms with Gasteiger partial charge in [-0.1, -0.05) is 26.2 Å². The van der Waals surface area contributed by atoms with E-state index >= 15 is 0 Å². The fourth-order valence-electron chi connectivity index (χ4n) is 4.56. The van der Waals surface area contributed by atoms with Crippen LogP contribution < -0.4 is 15.4 Å². The van der Waals surface area contributed by atoms with Gasteiger partial charge < -0.3 is 25.4 Å². The number of nitrogens with zero attached hydrogens (tertiary/aromatic N) is 1. The first kappa shape index (κ1) is 23.5. The number of aliphatic hydroxyl groups is 1. The molecule has 0 unspecified atom stereocenters. The molecule has 2 amide bonds. The summed E-state index contributed by atoms with van der Waals surface area (Å²) in [6, 6.07) is 5.32. The van der Waals surface area contributed by atoms with Gasteiger partial charge in [0.15, 0.2) is 0 Å². The van der Waals surface area contributed by atoms with Gasteiger partial charge in [0.05, 0.1) is 19.1 Å². The molecule has 0 aromatic heterocycles. The summed E-state index contributed by atoms with van der Waals surface area (Å²) >= 11 is 0. The number of carbonyl (C=O) groups is 2. The number of benzene rings is 1. The van der Waals surface area contributed by atoms with Crippen molar-refractivity contribution in [2.24, 2.45) is 11.8 Å². The van der Waals surface area contributed by atoms with Gasteiger partial charge in [-0.05, 0) is 45.0 Å². The van der Waals surface area contributed by atoms with Crippen molar-refractivity contribution in [3.05, 3.63) is 23.8 Å². The molecule has 1 aliphatic carbocycles. The number of aliphatic hydroxyl groups excluding tert-OH is 1. The molecule has 1 saturated carbocycles. The van der Waals surface area contributed by atoms with Crippen molar-refractivity contribution in [1.82, 2.24) is 10.2 Å². The number of anilines is 1. The number of hydrogen-bond donors (Lipinski definition) is 3. The Morgan fingerprint density at radius 1 is 1.29 bits per heavy atom. The molecular weight excluding hydrogens is 394 g/mol. The van der Waals surface area contributed by atoms with Crippen LogP contribution in [0.2, 0.25) is 0 Å². The minimum Gasteiger partial charge on any atom is -0.488 e. The Labute approximate surface area is 185 Å². The molecule has 7 nitrogen and oxygen atoms in total. The van der Waals surface area contributed by atoms with Crippen LogP contribution >= 0.6 is 0 Å². The largest absolute Gasteiger partial charge is 0.488 e. The Hall–Kier alpha value is -2.12.